The van der Waals surface area contributed by atoms with Crippen LogP contribution in [0.3, 0.4) is 0 Å². The Hall–Kier alpha value is -2.45. The maximum absolute atomic E-state index is 12.5. The van der Waals surface area contributed by atoms with Crippen LogP contribution in [0.4, 0.5) is 8.78 Å². The van der Waals surface area contributed by atoms with Crippen LogP contribution in [0.5, 0.6) is 11.5 Å². The Morgan fingerprint density at radius 3 is 2.65 bits per heavy atom. The van der Waals surface area contributed by atoms with Crippen molar-refractivity contribution < 1.29 is 32.6 Å². The first-order valence-electron chi connectivity index (χ1n) is 7.16. The van der Waals surface area contributed by atoms with Gasteiger partial charge in [0.05, 0.1) is 16.3 Å². The summed E-state index contributed by atoms with van der Waals surface area (Å²) < 4.78 is 39.8. The predicted octanol–water partition coefficient (Wildman–Crippen LogP) is 4.45. The zero-order chi connectivity index (χ0) is 19.1. The Labute approximate surface area is 156 Å². The molecule has 1 aromatic heterocycles. The van der Waals surface area contributed by atoms with Gasteiger partial charge in [0.1, 0.15) is 0 Å². The molecule has 0 aliphatic heterocycles. The molecule has 0 bridgehead atoms. The second-order valence-electron chi connectivity index (χ2n) is 4.73. The summed E-state index contributed by atoms with van der Waals surface area (Å²) in [5.41, 5.74) is 0.193. The molecule has 5 nitrogen and oxygen atoms in total. The van der Waals surface area contributed by atoms with Gasteiger partial charge in [-0.3, -0.25) is 4.79 Å². The van der Waals surface area contributed by atoms with Crippen LogP contribution >= 0.6 is 22.9 Å². The van der Waals surface area contributed by atoms with Crippen LogP contribution < -0.4 is 9.47 Å². The summed E-state index contributed by atoms with van der Waals surface area (Å²) in [6, 6.07) is 7.55. The number of rotatable bonds is 8. The fourth-order valence-corrected chi connectivity index (χ4v) is 2.89. The molecule has 0 atom stereocenters. The Bertz CT molecular complexity index is 819. The zero-order valence-corrected chi connectivity index (χ0v) is 15.0. The monoisotopic (exact) mass is 402 g/mol. The fourth-order valence-electron chi connectivity index (χ4n) is 1.92. The Morgan fingerprint density at radius 2 is 2.04 bits per heavy atom. The van der Waals surface area contributed by atoms with Crippen molar-refractivity contribution in [2.75, 3.05) is 13.7 Å². The molecule has 0 aliphatic rings. The number of hydrogen-bond donors (Lipinski definition) is 0. The van der Waals surface area contributed by atoms with Crippen molar-refractivity contribution in [2.45, 2.75) is 6.61 Å². The molecular weight excluding hydrogens is 390 g/mol. The third kappa shape index (κ3) is 5.53. The van der Waals surface area contributed by atoms with Gasteiger partial charge in [0, 0.05) is 11.6 Å². The highest BCUT2D eigenvalue weighted by atomic mass is 35.5. The van der Waals surface area contributed by atoms with E-state index in [1.807, 2.05) is 0 Å². The molecule has 138 valence electrons. The number of carbonyl (C=O) groups excluding carboxylic acids is 2. The van der Waals surface area contributed by atoms with Gasteiger partial charge in [-0.15, -0.1) is 11.3 Å². The molecule has 0 spiro atoms. The topological polar surface area (TPSA) is 61.8 Å². The Kier molecular flexibility index (Phi) is 7.11. The van der Waals surface area contributed by atoms with Gasteiger partial charge < -0.3 is 14.2 Å². The lowest BCUT2D eigenvalue weighted by molar-refractivity contribution is -0.136. The molecule has 0 unspecified atom stereocenters. The van der Waals surface area contributed by atoms with E-state index < -0.39 is 25.0 Å². The van der Waals surface area contributed by atoms with Crippen LogP contribution in [0.25, 0.3) is 6.08 Å². The number of esters is 1. The van der Waals surface area contributed by atoms with E-state index in [1.165, 1.54) is 31.4 Å². The van der Waals surface area contributed by atoms with Crippen molar-refractivity contribution in [3.8, 4) is 11.5 Å². The van der Waals surface area contributed by atoms with Crippen LogP contribution in [0.15, 0.2) is 36.4 Å². The average Bonchev–Trinajstić information content (AvgIpc) is 3.04. The van der Waals surface area contributed by atoms with E-state index in [2.05, 4.69) is 4.74 Å². The first kappa shape index (κ1) is 19.9. The number of para-hydroxylation sites is 1. The molecule has 2 rings (SSSR count). The van der Waals surface area contributed by atoms with E-state index >= 15 is 0 Å². The highest BCUT2D eigenvalue weighted by Gasteiger charge is 2.15. The summed E-state index contributed by atoms with van der Waals surface area (Å²) in [6.45, 7) is -3.51. The highest BCUT2D eigenvalue weighted by Crippen LogP contribution is 2.33. The van der Waals surface area contributed by atoms with Gasteiger partial charge in [-0.1, -0.05) is 23.7 Å². The van der Waals surface area contributed by atoms with Crippen molar-refractivity contribution >= 4 is 40.8 Å². The molecule has 0 saturated heterocycles. The molecule has 0 amide bonds. The second-order valence-corrected chi connectivity index (χ2v) is 6.44. The van der Waals surface area contributed by atoms with Crippen molar-refractivity contribution in [1.82, 2.24) is 0 Å². The van der Waals surface area contributed by atoms with Crippen LogP contribution in [-0.4, -0.2) is 32.1 Å². The number of carbonyl (C=O) groups is 2. The second kappa shape index (κ2) is 9.30. The van der Waals surface area contributed by atoms with Crippen molar-refractivity contribution in [3.05, 3.63) is 51.2 Å². The molecular formula is C17H13ClF2O5S. The SMILES string of the molecule is COc1cccc(/C=C/C(=O)OCC(=O)c2ccc(Cl)s2)c1OC(F)F. The minimum atomic E-state index is -3.05. The molecule has 0 radical (unpaired) electrons. The molecule has 0 fully saturated rings. The van der Waals surface area contributed by atoms with Gasteiger partial charge in [-0.2, -0.15) is 8.78 Å². The molecule has 26 heavy (non-hydrogen) atoms. The van der Waals surface area contributed by atoms with E-state index in [-0.39, 0.29) is 17.1 Å². The average molecular weight is 403 g/mol. The summed E-state index contributed by atoms with van der Waals surface area (Å²) in [5.74, 6) is -1.33. The largest absolute Gasteiger partial charge is 0.493 e. The van der Waals surface area contributed by atoms with Crippen LogP contribution in [0, 0.1) is 0 Å². The molecule has 1 heterocycles. The maximum atomic E-state index is 12.5. The fraction of sp³-hybridized carbons (Fsp3) is 0.176. The number of ether oxygens (including phenoxy) is 3. The number of ketones is 1. The molecule has 0 N–H and O–H groups in total. The number of thiophene rings is 1. The lowest BCUT2D eigenvalue weighted by Gasteiger charge is -2.12. The Morgan fingerprint density at radius 1 is 1.27 bits per heavy atom. The first-order valence-corrected chi connectivity index (χ1v) is 8.35. The number of halogens is 3. The van der Waals surface area contributed by atoms with Gasteiger partial charge in [-0.25, -0.2) is 4.79 Å². The van der Waals surface area contributed by atoms with E-state index in [0.29, 0.717) is 9.21 Å². The van der Waals surface area contributed by atoms with Gasteiger partial charge in [0.25, 0.3) is 0 Å². The van der Waals surface area contributed by atoms with E-state index in [9.17, 15) is 18.4 Å². The third-order valence-electron chi connectivity index (χ3n) is 3.03. The normalized spacial score (nSPS) is 11.0. The number of benzene rings is 1. The highest BCUT2D eigenvalue weighted by molar-refractivity contribution is 7.18. The summed E-state index contributed by atoms with van der Waals surface area (Å²) in [7, 11) is 1.30. The lowest BCUT2D eigenvalue weighted by Crippen LogP contribution is -2.11. The van der Waals surface area contributed by atoms with E-state index in [1.54, 1.807) is 12.1 Å². The zero-order valence-electron chi connectivity index (χ0n) is 13.4. The van der Waals surface area contributed by atoms with Gasteiger partial charge >= 0.3 is 12.6 Å². The molecule has 1 aromatic carbocycles. The van der Waals surface area contributed by atoms with Crippen LogP contribution in [0.2, 0.25) is 4.34 Å². The van der Waals surface area contributed by atoms with Gasteiger partial charge in [-0.05, 0) is 24.3 Å². The molecule has 0 saturated carbocycles. The van der Waals surface area contributed by atoms with Crippen molar-refractivity contribution in [1.29, 1.82) is 0 Å². The maximum Gasteiger partial charge on any atom is 0.387 e. The van der Waals surface area contributed by atoms with E-state index in [0.717, 1.165) is 17.4 Å². The third-order valence-corrected chi connectivity index (χ3v) is 4.30. The summed E-state index contributed by atoms with van der Waals surface area (Å²) in [6.07, 6.45) is 2.23. The van der Waals surface area contributed by atoms with Crippen LogP contribution in [-0.2, 0) is 9.53 Å². The van der Waals surface area contributed by atoms with Crippen molar-refractivity contribution in [3.63, 3.8) is 0 Å². The Balaban J connectivity index is 2.02. The first-order chi connectivity index (χ1) is 12.4. The van der Waals surface area contributed by atoms with E-state index in [4.69, 9.17) is 21.1 Å². The van der Waals surface area contributed by atoms with Gasteiger partial charge in [0.15, 0.2) is 18.1 Å². The summed E-state index contributed by atoms with van der Waals surface area (Å²) in [4.78, 5) is 23.9. The smallest absolute Gasteiger partial charge is 0.387 e. The number of Topliss-reactive ketones (excluding diaryl/α,β-unsaturated/α-hetero) is 1. The van der Waals surface area contributed by atoms with Crippen molar-refractivity contribution in [2.24, 2.45) is 0 Å². The molecule has 2 aromatic rings. The quantitative estimate of drug-likeness (QED) is 0.371. The number of alkyl halides is 2. The molecule has 0 aliphatic carbocycles. The molecule has 9 heteroatoms. The minimum absolute atomic E-state index is 0.0885. The standard InChI is InChI=1S/C17H13ClF2O5S/c1-23-12-4-2-3-10(16(12)25-17(19)20)5-8-15(22)24-9-11(21)13-6-7-14(18)26-13/h2-8,17H,9H2,1H3/b8-5+. The number of methoxy groups -OCH3 is 1. The number of hydrogen-bond acceptors (Lipinski definition) is 6. The summed E-state index contributed by atoms with van der Waals surface area (Å²) in [5, 5.41) is 0. The van der Waals surface area contributed by atoms with Crippen LogP contribution in [0.1, 0.15) is 15.2 Å². The lowest BCUT2D eigenvalue weighted by atomic mass is 10.1. The summed E-state index contributed by atoms with van der Waals surface area (Å²) >= 11 is 6.81. The predicted molar refractivity (Wildman–Crippen MR) is 93.3 cm³/mol. The minimum Gasteiger partial charge on any atom is -0.493 e. The van der Waals surface area contributed by atoms with Gasteiger partial charge in [0.2, 0.25) is 5.78 Å².